The molecule has 0 bridgehead atoms. The van der Waals surface area contributed by atoms with Gasteiger partial charge in [-0.05, 0) is 43.2 Å². The van der Waals surface area contributed by atoms with E-state index in [4.69, 9.17) is 4.74 Å². The highest BCUT2D eigenvalue weighted by Crippen LogP contribution is 2.40. The minimum atomic E-state index is -0.650. The van der Waals surface area contributed by atoms with Crippen LogP contribution in [0.25, 0.3) is 5.76 Å². The standard InChI is InChI=1S/C27H27N3O4/c1-17-4-6-19(7-5-17)24-23(25(31)20-8-9-22-21(15-20)14-18(2)34-22)26(32)27(33)30(24)12-3-11-29-13-10-28-16-29/h4-10,13,15-16,18,24H,3,11-12,14H2,1-2H3,(H,31,32)/p+1. The van der Waals surface area contributed by atoms with E-state index in [1.807, 2.05) is 73.5 Å². The molecule has 2 atom stereocenters. The van der Waals surface area contributed by atoms with Crippen molar-refractivity contribution in [3.8, 4) is 5.75 Å². The lowest BCUT2D eigenvalue weighted by Crippen LogP contribution is -2.36. The third-order valence-corrected chi connectivity index (χ3v) is 6.52. The molecule has 2 N–H and O–H groups in total. The molecular weight excluding hydrogens is 430 g/mol. The van der Waals surface area contributed by atoms with Gasteiger partial charge < -0.3 is 14.7 Å². The fourth-order valence-electron chi connectivity index (χ4n) is 4.81. The molecule has 1 aromatic heterocycles. The van der Waals surface area contributed by atoms with E-state index in [9.17, 15) is 14.7 Å². The summed E-state index contributed by atoms with van der Waals surface area (Å²) < 4.78 is 7.76. The molecule has 0 aliphatic carbocycles. The van der Waals surface area contributed by atoms with Crippen LogP contribution in [0.2, 0.25) is 0 Å². The van der Waals surface area contributed by atoms with E-state index in [1.165, 1.54) is 0 Å². The van der Waals surface area contributed by atoms with E-state index in [0.29, 0.717) is 25.1 Å². The predicted octanol–water partition coefficient (Wildman–Crippen LogP) is 3.45. The average Bonchev–Trinajstić information content (AvgIpc) is 3.53. The molecule has 1 saturated heterocycles. The molecule has 1 amide bonds. The normalized spacial score (nSPS) is 21.1. The number of Topliss-reactive ketones (excluding diaryl/α,β-unsaturated/α-hetero) is 1. The van der Waals surface area contributed by atoms with Crippen molar-refractivity contribution in [2.24, 2.45) is 0 Å². The number of aliphatic hydroxyl groups is 1. The molecule has 2 aliphatic rings. The lowest BCUT2D eigenvalue weighted by atomic mass is 9.94. The number of benzene rings is 2. The summed E-state index contributed by atoms with van der Waals surface area (Å²) in [6, 6.07) is 12.5. The number of aryl methyl sites for hydroxylation is 2. The average molecular weight is 459 g/mol. The van der Waals surface area contributed by atoms with E-state index in [0.717, 1.165) is 28.9 Å². The monoisotopic (exact) mass is 458 g/mol. The molecule has 5 rings (SSSR count). The number of aliphatic hydroxyl groups excluding tert-OH is 1. The van der Waals surface area contributed by atoms with Crippen LogP contribution in [-0.2, 0) is 22.6 Å². The van der Waals surface area contributed by atoms with E-state index in [1.54, 1.807) is 11.0 Å². The van der Waals surface area contributed by atoms with Crippen molar-refractivity contribution in [2.75, 3.05) is 6.54 Å². The summed E-state index contributed by atoms with van der Waals surface area (Å²) in [5.74, 6) is -0.581. The summed E-state index contributed by atoms with van der Waals surface area (Å²) in [6.07, 6.45) is 7.09. The highest BCUT2D eigenvalue weighted by Gasteiger charge is 2.45. The minimum Gasteiger partial charge on any atom is -0.507 e. The van der Waals surface area contributed by atoms with Crippen LogP contribution in [0.15, 0.2) is 66.8 Å². The Hall–Kier alpha value is -3.87. The molecule has 1 fully saturated rings. The van der Waals surface area contributed by atoms with Gasteiger partial charge in [-0.2, -0.15) is 0 Å². The fourth-order valence-corrected chi connectivity index (χ4v) is 4.81. The zero-order valence-corrected chi connectivity index (χ0v) is 19.3. The van der Waals surface area contributed by atoms with Gasteiger partial charge in [0.05, 0.1) is 18.2 Å². The highest BCUT2D eigenvalue weighted by atomic mass is 16.5. The third kappa shape index (κ3) is 3.98. The summed E-state index contributed by atoms with van der Waals surface area (Å²) >= 11 is 0. The molecular formula is C27H28N3O4+. The number of aromatic amines is 1. The first kappa shape index (κ1) is 21.9. The molecule has 2 unspecified atom stereocenters. The number of hydrogen-bond donors (Lipinski definition) is 2. The Morgan fingerprint density at radius 1 is 1.21 bits per heavy atom. The second-order valence-electron chi connectivity index (χ2n) is 9.06. The zero-order valence-electron chi connectivity index (χ0n) is 19.3. The van der Waals surface area contributed by atoms with Crippen LogP contribution in [0.3, 0.4) is 0 Å². The van der Waals surface area contributed by atoms with Crippen LogP contribution in [0, 0.1) is 6.92 Å². The van der Waals surface area contributed by atoms with Crippen LogP contribution in [0.1, 0.15) is 41.6 Å². The number of ketones is 1. The number of fused-ring (bicyclic) bond motifs is 1. The van der Waals surface area contributed by atoms with Gasteiger partial charge in [-0.25, -0.2) is 4.57 Å². The number of ether oxygens (including phenoxy) is 1. The number of imidazole rings is 1. The number of rotatable bonds is 6. The van der Waals surface area contributed by atoms with Crippen LogP contribution in [0.4, 0.5) is 0 Å². The maximum Gasteiger partial charge on any atom is 0.295 e. The Morgan fingerprint density at radius 2 is 2.00 bits per heavy atom. The SMILES string of the molecule is Cc1ccc(C2/C(=C(\O)c3ccc4c(c3)CC(C)O4)C(=O)C(=O)N2CCC[n+]2cc[nH]c2)cc1. The molecule has 7 heteroatoms. The minimum absolute atomic E-state index is 0.0726. The van der Waals surface area contributed by atoms with Crippen LogP contribution in [0.5, 0.6) is 5.75 Å². The first-order valence-corrected chi connectivity index (χ1v) is 11.6. The second kappa shape index (κ2) is 8.82. The molecule has 2 aliphatic heterocycles. The lowest BCUT2D eigenvalue weighted by molar-refractivity contribution is -0.695. The molecule has 2 aromatic carbocycles. The maximum atomic E-state index is 13.2. The number of likely N-dealkylation sites (tertiary alicyclic amines) is 1. The van der Waals surface area contributed by atoms with Crippen LogP contribution < -0.4 is 9.30 Å². The van der Waals surface area contributed by atoms with Crippen molar-refractivity contribution >= 4 is 17.4 Å². The number of carbonyl (C=O) groups excluding carboxylic acids is 2. The van der Waals surface area contributed by atoms with Gasteiger partial charge in [0.25, 0.3) is 11.7 Å². The Bertz CT molecular complexity index is 1260. The fraction of sp³-hybridized carbons (Fsp3) is 0.296. The van der Waals surface area contributed by atoms with Crippen molar-refractivity contribution in [1.29, 1.82) is 0 Å². The second-order valence-corrected chi connectivity index (χ2v) is 9.06. The maximum absolute atomic E-state index is 13.2. The zero-order chi connectivity index (χ0) is 23.8. The Kier molecular flexibility index (Phi) is 5.69. The molecule has 3 aromatic rings. The van der Waals surface area contributed by atoms with Crippen LogP contribution in [-0.4, -0.2) is 39.3 Å². The Labute approximate surface area is 198 Å². The van der Waals surface area contributed by atoms with Crippen molar-refractivity contribution in [2.45, 2.75) is 45.4 Å². The lowest BCUT2D eigenvalue weighted by Gasteiger charge is -2.25. The van der Waals surface area contributed by atoms with Gasteiger partial charge in [-0.15, -0.1) is 0 Å². The summed E-state index contributed by atoms with van der Waals surface area (Å²) in [7, 11) is 0. The predicted molar refractivity (Wildman–Crippen MR) is 126 cm³/mol. The van der Waals surface area contributed by atoms with Gasteiger partial charge in [0.1, 0.15) is 30.0 Å². The summed E-state index contributed by atoms with van der Waals surface area (Å²) in [5, 5.41) is 11.3. The van der Waals surface area contributed by atoms with Gasteiger partial charge >= 0.3 is 0 Å². The van der Waals surface area contributed by atoms with Gasteiger partial charge in [0.15, 0.2) is 0 Å². The first-order chi connectivity index (χ1) is 16.4. The van der Waals surface area contributed by atoms with E-state index in [-0.39, 0.29) is 17.4 Å². The summed E-state index contributed by atoms with van der Waals surface area (Å²) in [6.45, 7) is 5.08. The summed E-state index contributed by atoms with van der Waals surface area (Å²) in [5.41, 5.74) is 3.53. The van der Waals surface area contributed by atoms with Crippen molar-refractivity contribution in [3.63, 3.8) is 0 Å². The molecule has 174 valence electrons. The number of nitrogens with one attached hydrogen (secondary N) is 1. The highest BCUT2D eigenvalue weighted by molar-refractivity contribution is 6.46. The topological polar surface area (TPSA) is 86.5 Å². The van der Waals surface area contributed by atoms with Crippen LogP contribution >= 0.6 is 0 Å². The molecule has 34 heavy (non-hydrogen) atoms. The first-order valence-electron chi connectivity index (χ1n) is 11.6. The largest absolute Gasteiger partial charge is 0.507 e. The van der Waals surface area contributed by atoms with Crippen molar-refractivity contribution in [1.82, 2.24) is 9.88 Å². The third-order valence-electron chi connectivity index (χ3n) is 6.52. The smallest absolute Gasteiger partial charge is 0.295 e. The Balaban J connectivity index is 1.52. The van der Waals surface area contributed by atoms with Gasteiger partial charge in [0, 0.05) is 24.9 Å². The van der Waals surface area contributed by atoms with Crippen molar-refractivity contribution in [3.05, 3.63) is 89.0 Å². The number of nitrogens with zero attached hydrogens (tertiary/aromatic N) is 2. The molecule has 0 spiro atoms. The Morgan fingerprint density at radius 3 is 2.74 bits per heavy atom. The molecule has 0 radical (unpaired) electrons. The van der Waals surface area contributed by atoms with Crippen molar-refractivity contribution < 1.29 is 24.0 Å². The van der Waals surface area contributed by atoms with Gasteiger partial charge in [-0.3, -0.25) is 14.6 Å². The molecule has 7 nitrogen and oxygen atoms in total. The van der Waals surface area contributed by atoms with E-state index < -0.39 is 17.7 Å². The number of aromatic nitrogens is 2. The van der Waals surface area contributed by atoms with E-state index in [2.05, 4.69) is 4.98 Å². The number of hydrogen-bond acceptors (Lipinski definition) is 4. The summed E-state index contributed by atoms with van der Waals surface area (Å²) in [4.78, 5) is 30.9. The number of amides is 1. The molecule has 0 saturated carbocycles. The molecule has 3 heterocycles. The van der Waals surface area contributed by atoms with E-state index >= 15 is 0 Å². The quantitative estimate of drug-likeness (QED) is 0.256. The number of H-pyrrole nitrogens is 1. The van der Waals surface area contributed by atoms with Gasteiger partial charge in [0.2, 0.25) is 6.33 Å². The van der Waals surface area contributed by atoms with Gasteiger partial charge in [-0.1, -0.05) is 29.8 Å². The number of carbonyl (C=O) groups is 2.